The predicted octanol–water partition coefficient (Wildman–Crippen LogP) is 2.16. The van der Waals surface area contributed by atoms with Gasteiger partial charge in [0.05, 0.1) is 27.4 Å². The maximum atomic E-state index is 10.5. The molecule has 0 bridgehead atoms. The molecule has 0 fully saturated rings. The first kappa shape index (κ1) is 17.0. The number of benzene rings is 2. The second-order valence-corrected chi connectivity index (χ2v) is 5.71. The van der Waals surface area contributed by atoms with Crippen LogP contribution in [-0.2, 0) is 6.42 Å². The van der Waals surface area contributed by atoms with Crippen LogP contribution in [0.4, 0.5) is 0 Å². The van der Waals surface area contributed by atoms with Crippen molar-refractivity contribution in [1.82, 2.24) is 0 Å². The monoisotopic (exact) mass is 348 g/mol. The number of hydrogen-bond acceptors (Lipinski definition) is 7. The normalized spacial score (nSPS) is 18.9. The lowest BCUT2D eigenvalue weighted by atomic mass is 9.93. The summed E-state index contributed by atoms with van der Waals surface area (Å²) in [6, 6.07) is 6.30. The molecule has 1 heterocycles. The molecule has 0 aliphatic carbocycles. The van der Waals surface area contributed by atoms with Crippen molar-refractivity contribution < 1.29 is 34.3 Å². The van der Waals surface area contributed by atoms with Gasteiger partial charge in [0.1, 0.15) is 17.2 Å². The van der Waals surface area contributed by atoms with Crippen LogP contribution < -0.4 is 18.9 Å². The van der Waals surface area contributed by atoms with Gasteiger partial charge in [-0.15, -0.1) is 0 Å². The van der Waals surface area contributed by atoms with Gasteiger partial charge in [0, 0.05) is 29.7 Å². The van der Waals surface area contributed by atoms with Crippen LogP contribution in [0.15, 0.2) is 24.3 Å². The summed E-state index contributed by atoms with van der Waals surface area (Å²) < 4.78 is 21.6. The SMILES string of the molecule is COc1cc(OC)c2c(c1)O[C@H](c1cc(O)c(O)c(OC)c1)[C@@H](O)C2. The van der Waals surface area contributed by atoms with Gasteiger partial charge in [-0.3, -0.25) is 0 Å². The van der Waals surface area contributed by atoms with Crippen molar-refractivity contribution >= 4 is 0 Å². The van der Waals surface area contributed by atoms with Gasteiger partial charge in [-0.1, -0.05) is 0 Å². The van der Waals surface area contributed by atoms with E-state index in [1.165, 1.54) is 26.4 Å². The number of phenols is 2. The largest absolute Gasteiger partial charge is 0.504 e. The van der Waals surface area contributed by atoms with Crippen LogP contribution in [-0.4, -0.2) is 42.8 Å². The van der Waals surface area contributed by atoms with Gasteiger partial charge in [-0.25, -0.2) is 0 Å². The van der Waals surface area contributed by atoms with Crippen LogP contribution >= 0.6 is 0 Å². The van der Waals surface area contributed by atoms with Crippen molar-refractivity contribution in [3.63, 3.8) is 0 Å². The second-order valence-electron chi connectivity index (χ2n) is 5.71. The van der Waals surface area contributed by atoms with E-state index < -0.39 is 12.2 Å². The lowest BCUT2D eigenvalue weighted by Gasteiger charge is -2.32. The lowest BCUT2D eigenvalue weighted by molar-refractivity contribution is 0.0195. The zero-order chi connectivity index (χ0) is 18.1. The van der Waals surface area contributed by atoms with E-state index in [0.29, 0.717) is 29.2 Å². The zero-order valence-corrected chi connectivity index (χ0v) is 14.1. The van der Waals surface area contributed by atoms with Crippen LogP contribution in [0.1, 0.15) is 17.2 Å². The summed E-state index contributed by atoms with van der Waals surface area (Å²) in [6.45, 7) is 0. The second kappa shape index (κ2) is 6.60. The van der Waals surface area contributed by atoms with E-state index >= 15 is 0 Å². The summed E-state index contributed by atoms with van der Waals surface area (Å²) in [5.41, 5.74) is 1.22. The van der Waals surface area contributed by atoms with Crippen molar-refractivity contribution in [2.24, 2.45) is 0 Å². The third-order valence-electron chi connectivity index (χ3n) is 4.24. The van der Waals surface area contributed by atoms with E-state index in [4.69, 9.17) is 18.9 Å². The molecule has 3 N–H and O–H groups in total. The van der Waals surface area contributed by atoms with E-state index in [1.54, 1.807) is 19.2 Å². The molecule has 25 heavy (non-hydrogen) atoms. The molecule has 2 atom stereocenters. The Kier molecular flexibility index (Phi) is 4.50. The molecule has 1 aliphatic heterocycles. The Morgan fingerprint density at radius 3 is 2.32 bits per heavy atom. The van der Waals surface area contributed by atoms with Gasteiger partial charge >= 0.3 is 0 Å². The average Bonchev–Trinajstić information content (AvgIpc) is 2.62. The highest BCUT2D eigenvalue weighted by Crippen LogP contribution is 2.45. The van der Waals surface area contributed by atoms with Crippen LogP contribution in [0.3, 0.4) is 0 Å². The molecular formula is C18H20O7. The summed E-state index contributed by atoms with van der Waals surface area (Å²) in [6.07, 6.45) is -1.31. The van der Waals surface area contributed by atoms with Gasteiger partial charge in [0.2, 0.25) is 5.75 Å². The quantitative estimate of drug-likeness (QED) is 0.729. The minimum atomic E-state index is -0.872. The number of methoxy groups -OCH3 is 3. The molecular weight excluding hydrogens is 328 g/mol. The standard InChI is InChI=1S/C18H20O7/c1-22-10-6-14(23-2)11-8-13(20)18(25-15(11)7-10)9-4-12(19)17(21)16(5-9)24-3/h4-7,13,18-21H,8H2,1-3H3/t13-,18+/m0/s1. The smallest absolute Gasteiger partial charge is 0.200 e. The van der Waals surface area contributed by atoms with Crippen molar-refractivity contribution in [1.29, 1.82) is 0 Å². The van der Waals surface area contributed by atoms with E-state index in [-0.39, 0.29) is 17.2 Å². The Morgan fingerprint density at radius 1 is 0.960 bits per heavy atom. The van der Waals surface area contributed by atoms with Crippen LogP contribution in [0.25, 0.3) is 0 Å². The Labute approximate surface area is 145 Å². The molecule has 0 unspecified atom stereocenters. The zero-order valence-electron chi connectivity index (χ0n) is 14.1. The molecule has 0 aromatic heterocycles. The molecule has 7 nitrogen and oxygen atoms in total. The molecule has 2 aromatic carbocycles. The third-order valence-corrected chi connectivity index (χ3v) is 4.24. The highest BCUT2D eigenvalue weighted by Gasteiger charge is 2.33. The molecule has 1 aliphatic rings. The van der Waals surface area contributed by atoms with Gasteiger partial charge in [0.15, 0.2) is 17.6 Å². The molecule has 3 rings (SSSR count). The number of aromatic hydroxyl groups is 2. The van der Waals surface area contributed by atoms with Gasteiger partial charge < -0.3 is 34.3 Å². The summed E-state index contributed by atoms with van der Waals surface area (Å²) in [4.78, 5) is 0. The van der Waals surface area contributed by atoms with E-state index in [0.717, 1.165) is 5.56 Å². The van der Waals surface area contributed by atoms with Crippen LogP contribution in [0, 0.1) is 0 Å². The fraction of sp³-hybridized carbons (Fsp3) is 0.333. The maximum Gasteiger partial charge on any atom is 0.200 e. The highest BCUT2D eigenvalue weighted by molar-refractivity contribution is 5.55. The number of rotatable bonds is 4. The van der Waals surface area contributed by atoms with E-state index in [2.05, 4.69) is 0 Å². The Bertz CT molecular complexity index is 787. The topological polar surface area (TPSA) is 97.6 Å². The fourth-order valence-electron chi connectivity index (χ4n) is 2.96. The lowest BCUT2D eigenvalue weighted by Crippen LogP contribution is -2.30. The highest BCUT2D eigenvalue weighted by atomic mass is 16.5. The number of ether oxygens (including phenoxy) is 4. The van der Waals surface area contributed by atoms with Crippen molar-refractivity contribution in [2.45, 2.75) is 18.6 Å². The Balaban J connectivity index is 2.03. The number of fused-ring (bicyclic) bond motifs is 1. The molecule has 2 aromatic rings. The molecule has 0 saturated heterocycles. The average molecular weight is 348 g/mol. The number of hydrogen-bond donors (Lipinski definition) is 3. The summed E-state index contributed by atoms with van der Waals surface area (Å²) in [5.74, 6) is 1.05. The van der Waals surface area contributed by atoms with E-state index in [9.17, 15) is 15.3 Å². The first-order chi connectivity index (χ1) is 12.0. The van der Waals surface area contributed by atoms with Crippen LogP contribution in [0.2, 0.25) is 0 Å². The van der Waals surface area contributed by atoms with Gasteiger partial charge in [0.25, 0.3) is 0 Å². The minimum absolute atomic E-state index is 0.0971. The Hall–Kier alpha value is -2.80. The molecule has 0 amide bonds. The van der Waals surface area contributed by atoms with Crippen LogP contribution in [0.5, 0.6) is 34.5 Å². The Morgan fingerprint density at radius 2 is 1.68 bits per heavy atom. The molecule has 7 heteroatoms. The molecule has 0 saturated carbocycles. The van der Waals surface area contributed by atoms with Gasteiger partial charge in [-0.2, -0.15) is 0 Å². The van der Waals surface area contributed by atoms with E-state index in [1.807, 2.05) is 0 Å². The minimum Gasteiger partial charge on any atom is -0.504 e. The van der Waals surface area contributed by atoms with Crippen molar-refractivity contribution in [3.05, 3.63) is 35.4 Å². The maximum absolute atomic E-state index is 10.5. The predicted molar refractivity (Wildman–Crippen MR) is 88.9 cm³/mol. The molecule has 0 radical (unpaired) electrons. The van der Waals surface area contributed by atoms with Gasteiger partial charge in [-0.05, 0) is 12.1 Å². The summed E-state index contributed by atoms with van der Waals surface area (Å²) in [7, 11) is 4.46. The molecule has 0 spiro atoms. The number of aliphatic hydroxyl groups is 1. The fourth-order valence-corrected chi connectivity index (χ4v) is 2.96. The van der Waals surface area contributed by atoms with Crippen molar-refractivity contribution in [3.8, 4) is 34.5 Å². The summed E-state index contributed by atoms with van der Waals surface area (Å²) in [5, 5.41) is 30.2. The first-order valence-corrected chi connectivity index (χ1v) is 7.68. The van der Waals surface area contributed by atoms with Crippen molar-refractivity contribution in [2.75, 3.05) is 21.3 Å². The number of phenolic OH excluding ortho intramolecular Hbond substituents is 2. The first-order valence-electron chi connectivity index (χ1n) is 7.68. The third kappa shape index (κ3) is 2.98. The number of aliphatic hydroxyl groups excluding tert-OH is 1. The molecule has 134 valence electrons. The summed E-state index contributed by atoms with van der Waals surface area (Å²) >= 11 is 0.